The smallest absolute Gasteiger partial charge is 0.332 e. The summed E-state index contributed by atoms with van der Waals surface area (Å²) >= 11 is 0. The molecule has 3 rings (SSSR count). The zero-order valence-electron chi connectivity index (χ0n) is 13.6. The number of benzene rings is 1. The van der Waals surface area contributed by atoms with E-state index in [4.69, 9.17) is 4.74 Å². The van der Waals surface area contributed by atoms with E-state index in [9.17, 15) is 4.79 Å². The molecular formula is C17H25N3O2. The van der Waals surface area contributed by atoms with Crippen LogP contribution in [0.2, 0.25) is 0 Å². The van der Waals surface area contributed by atoms with E-state index in [1.165, 1.54) is 5.56 Å². The minimum Gasteiger partial charge on any atom is -0.497 e. The molecule has 1 spiro atoms. The van der Waals surface area contributed by atoms with Crippen LogP contribution in [0.3, 0.4) is 0 Å². The van der Waals surface area contributed by atoms with Gasteiger partial charge >= 0.3 is 6.03 Å². The lowest BCUT2D eigenvalue weighted by molar-refractivity contribution is -0.0263. The number of amides is 2. The molecule has 120 valence electrons. The lowest BCUT2D eigenvalue weighted by atomic mass is 9.74. The molecule has 1 heterocycles. The van der Waals surface area contributed by atoms with E-state index in [0.717, 1.165) is 38.0 Å². The number of carbonyl (C=O) groups excluding carboxylic acids is 1. The lowest BCUT2D eigenvalue weighted by Crippen LogP contribution is -2.55. The van der Waals surface area contributed by atoms with Crippen molar-refractivity contribution in [2.75, 3.05) is 27.7 Å². The number of urea groups is 1. The fourth-order valence-electron chi connectivity index (χ4n) is 3.98. The maximum absolute atomic E-state index is 12.1. The van der Waals surface area contributed by atoms with Gasteiger partial charge in [0.1, 0.15) is 5.75 Å². The topological polar surface area (TPSA) is 44.8 Å². The van der Waals surface area contributed by atoms with Crippen molar-refractivity contribution in [1.82, 2.24) is 15.3 Å². The highest BCUT2D eigenvalue weighted by Gasteiger charge is 2.48. The summed E-state index contributed by atoms with van der Waals surface area (Å²) in [5.74, 6) is 1.48. The molecular weight excluding hydrogens is 278 g/mol. The molecule has 0 atom stereocenters. The van der Waals surface area contributed by atoms with Crippen LogP contribution in [-0.2, 0) is 0 Å². The van der Waals surface area contributed by atoms with Gasteiger partial charge in [0.2, 0.25) is 0 Å². The maximum atomic E-state index is 12.1. The Balaban J connectivity index is 1.73. The normalized spacial score (nSPS) is 28.3. The molecule has 0 aromatic heterocycles. The Hall–Kier alpha value is -1.75. The number of methoxy groups -OCH3 is 1. The van der Waals surface area contributed by atoms with Crippen LogP contribution in [-0.4, -0.2) is 49.3 Å². The number of ether oxygens (including phenoxy) is 1. The van der Waals surface area contributed by atoms with Crippen molar-refractivity contribution in [3.63, 3.8) is 0 Å². The molecule has 22 heavy (non-hydrogen) atoms. The van der Waals surface area contributed by atoms with Crippen molar-refractivity contribution in [2.45, 2.75) is 37.1 Å². The van der Waals surface area contributed by atoms with Crippen molar-refractivity contribution in [2.24, 2.45) is 0 Å². The summed E-state index contributed by atoms with van der Waals surface area (Å²) in [6.07, 6.45) is 4.27. The second-order valence-electron chi connectivity index (χ2n) is 6.59. The van der Waals surface area contributed by atoms with Gasteiger partial charge in [0, 0.05) is 20.6 Å². The standard InChI is InChI=1S/C17H25N3O2/c1-19(2)20-16(21)18-12-17(20)9-7-13(8-10-17)14-5-4-6-15(11-14)22-3/h4-6,11,13H,7-10,12H2,1-3H3,(H,18,21). The number of carbonyl (C=O) groups is 1. The SMILES string of the molecule is COc1cccc(C2CCC3(CC2)CNC(=O)N3N(C)C)c1. The van der Waals surface area contributed by atoms with Crippen molar-refractivity contribution in [1.29, 1.82) is 0 Å². The molecule has 5 heteroatoms. The number of rotatable bonds is 3. The molecule has 5 nitrogen and oxygen atoms in total. The van der Waals surface area contributed by atoms with Crippen LogP contribution in [0.4, 0.5) is 4.79 Å². The Morgan fingerprint density at radius 2 is 2.05 bits per heavy atom. The zero-order chi connectivity index (χ0) is 15.7. The molecule has 1 N–H and O–H groups in total. The monoisotopic (exact) mass is 303 g/mol. The fourth-order valence-corrected chi connectivity index (χ4v) is 3.98. The minimum atomic E-state index is -0.0457. The molecule has 1 saturated heterocycles. The highest BCUT2D eigenvalue weighted by atomic mass is 16.5. The average molecular weight is 303 g/mol. The summed E-state index contributed by atoms with van der Waals surface area (Å²) in [7, 11) is 5.60. The van der Waals surface area contributed by atoms with Gasteiger partial charge in [-0.15, -0.1) is 0 Å². The first-order chi connectivity index (χ1) is 10.6. The van der Waals surface area contributed by atoms with Gasteiger partial charge in [0.25, 0.3) is 0 Å². The molecule has 2 amide bonds. The second-order valence-corrected chi connectivity index (χ2v) is 6.59. The molecule has 2 fully saturated rings. The van der Waals surface area contributed by atoms with Crippen LogP contribution in [0.5, 0.6) is 5.75 Å². The van der Waals surface area contributed by atoms with Crippen LogP contribution >= 0.6 is 0 Å². The third kappa shape index (κ3) is 2.54. The highest BCUT2D eigenvalue weighted by Crippen LogP contribution is 2.43. The molecule has 0 bridgehead atoms. The van der Waals surface area contributed by atoms with E-state index in [1.807, 2.05) is 30.2 Å². The largest absolute Gasteiger partial charge is 0.497 e. The average Bonchev–Trinajstić information content (AvgIpc) is 2.84. The Labute approximate surface area is 132 Å². The predicted molar refractivity (Wildman–Crippen MR) is 85.9 cm³/mol. The molecule has 1 aromatic rings. The first kappa shape index (κ1) is 15.2. The van der Waals surface area contributed by atoms with Crippen molar-refractivity contribution in [3.8, 4) is 5.75 Å². The number of nitrogens with one attached hydrogen (secondary N) is 1. The summed E-state index contributed by atoms with van der Waals surface area (Å²) in [4.78, 5) is 12.1. The van der Waals surface area contributed by atoms with Crippen molar-refractivity contribution < 1.29 is 9.53 Å². The van der Waals surface area contributed by atoms with Gasteiger partial charge in [-0.05, 0) is 49.3 Å². The maximum Gasteiger partial charge on any atom is 0.332 e. The Morgan fingerprint density at radius 3 is 2.68 bits per heavy atom. The summed E-state index contributed by atoms with van der Waals surface area (Å²) < 4.78 is 5.33. The molecule has 1 aliphatic heterocycles. The first-order valence-electron chi connectivity index (χ1n) is 7.95. The minimum absolute atomic E-state index is 0.0323. The van der Waals surface area contributed by atoms with Gasteiger partial charge in [-0.3, -0.25) is 0 Å². The van der Waals surface area contributed by atoms with E-state index < -0.39 is 0 Å². The number of nitrogens with zero attached hydrogens (tertiary/aromatic N) is 2. The summed E-state index contributed by atoms with van der Waals surface area (Å²) in [5, 5.41) is 6.85. The Bertz CT molecular complexity index is 551. The third-order valence-electron chi connectivity index (χ3n) is 5.09. The molecule has 2 aliphatic rings. The summed E-state index contributed by atoms with van der Waals surface area (Å²) in [6.45, 7) is 0.759. The van der Waals surface area contributed by atoms with Gasteiger partial charge in [-0.1, -0.05) is 12.1 Å². The fraction of sp³-hybridized carbons (Fsp3) is 0.588. The van der Waals surface area contributed by atoms with E-state index in [2.05, 4.69) is 23.5 Å². The van der Waals surface area contributed by atoms with Crippen LogP contribution in [0.1, 0.15) is 37.2 Å². The molecule has 1 saturated carbocycles. The number of hydrogen-bond donors (Lipinski definition) is 1. The molecule has 1 aliphatic carbocycles. The van der Waals surface area contributed by atoms with Crippen molar-refractivity contribution >= 4 is 6.03 Å². The zero-order valence-corrected chi connectivity index (χ0v) is 13.6. The van der Waals surface area contributed by atoms with E-state index >= 15 is 0 Å². The van der Waals surface area contributed by atoms with Gasteiger partial charge in [0.05, 0.1) is 12.6 Å². The Kier molecular flexibility index (Phi) is 4.00. The van der Waals surface area contributed by atoms with E-state index in [0.29, 0.717) is 5.92 Å². The van der Waals surface area contributed by atoms with Crippen LogP contribution in [0.15, 0.2) is 24.3 Å². The molecule has 1 aromatic carbocycles. The lowest BCUT2D eigenvalue weighted by Gasteiger charge is -2.44. The second kappa shape index (κ2) is 5.80. The van der Waals surface area contributed by atoms with Crippen molar-refractivity contribution in [3.05, 3.63) is 29.8 Å². The predicted octanol–water partition coefficient (Wildman–Crippen LogP) is 2.59. The van der Waals surface area contributed by atoms with Gasteiger partial charge in [-0.2, -0.15) is 0 Å². The van der Waals surface area contributed by atoms with E-state index in [1.54, 1.807) is 7.11 Å². The number of hydrogen-bond acceptors (Lipinski definition) is 3. The highest BCUT2D eigenvalue weighted by molar-refractivity contribution is 5.77. The summed E-state index contributed by atoms with van der Waals surface area (Å²) in [6, 6.07) is 8.41. The van der Waals surface area contributed by atoms with Gasteiger partial charge < -0.3 is 10.1 Å². The molecule has 0 unspecified atom stereocenters. The van der Waals surface area contributed by atoms with Crippen LogP contribution < -0.4 is 10.1 Å². The summed E-state index contributed by atoms with van der Waals surface area (Å²) in [5.41, 5.74) is 1.30. The van der Waals surface area contributed by atoms with E-state index in [-0.39, 0.29) is 11.6 Å². The quantitative estimate of drug-likeness (QED) is 0.933. The first-order valence-corrected chi connectivity index (χ1v) is 7.95. The third-order valence-corrected chi connectivity index (χ3v) is 5.09. The Morgan fingerprint density at radius 1 is 1.32 bits per heavy atom. The van der Waals surface area contributed by atoms with Gasteiger partial charge in [0.15, 0.2) is 0 Å². The van der Waals surface area contributed by atoms with Gasteiger partial charge in [-0.25, -0.2) is 14.8 Å². The number of hydrazine groups is 1. The molecule has 0 radical (unpaired) electrons. The van der Waals surface area contributed by atoms with Crippen LogP contribution in [0, 0.1) is 0 Å². The van der Waals surface area contributed by atoms with Crippen LogP contribution in [0.25, 0.3) is 0 Å².